The number of amides is 1. The molecule has 2 aromatic rings. The van der Waals surface area contributed by atoms with Crippen LogP contribution in [0.4, 0.5) is 0 Å². The van der Waals surface area contributed by atoms with Crippen LogP contribution in [0.2, 0.25) is 5.02 Å². The fraction of sp³-hybridized carbons (Fsp3) is 0.353. The Morgan fingerprint density at radius 3 is 2.79 bits per heavy atom. The number of carbonyl (C=O) groups is 1. The third-order valence-electron chi connectivity index (χ3n) is 3.73. The molecule has 0 saturated heterocycles. The zero-order chi connectivity index (χ0) is 17.1. The second-order valence-electron chi connectivity index (χ2n) is 6.06. The van der Waals surface area contributed by atoms with Crippen LogP contribution < -0.4 is 10.1 Å². The quantitative estimate of drug-likeness (QED) is 0.893. The predicted octanol–water partition coefficient (Wildman–Crippen LogP) is 1.78. The SMILES string of the molecule is CN(C)CC(=O)NCC1Cc2cc(-c3cncnc3)cc(Cl)c2O1. The van der Waals surface area contributed by atoms with Crippen LogP contribution in [-0.4, -0.2) is 54.1 Å². The van der Waals surface area contributed by atoms with Gasteiger partial charge in [0.05, 0.1) is 18.1 Å². The monoisotopic (exact) mass is 346 g/mol. The Bertz CT molecular complexity index is 737. The maximum Gasteiger partial charge on any atom is 0.234 e. The number of aromatic nitrogens is 2. The molecule has 1 unspecified atom stereocenters. The van der Waals surface area contributed by atoms with Crippen LogP contribution in [0.5, 0.6) is 5.75 Å². The van der Waals surface area contributed by atoms with Gasteiger partial charge in [-0.05, 0) is 31.8 Å². The Kier molecular flexibility index (Phi) is 4.97. The summed E-state index contributed by atoms with van der Waals surface area (Å²) in [6.45, 7) is 0.819. The molecule has 0 aliphatic carbocycles. The number of hydrogen-bond donors (Lipinski definition) is 1. The van der Waals surface area contributed by atoms with Crippen molar-refractivity contribution in [2.24, 2.45) is 0 Å². The average Bonchev–Trinajstić information content (AvgIpc) is 2.97. The van der Waals surface area contributed by atoms with Crippen molar-refractivity contribution in [1.82, 2.24) is 20.2 Å². The summed E-state index contributed by atoms with van der Waals surface area (Å²) in [7, 11) is 3.71. The minimum atomic E-state index is -0.106. The van der Waals surface area contributed by atoms with E-state index in [0.717, 1.165) is 16.7 Å². The van der Waals surface area contributed by atoms with Crippen molar-refractivity contribution in [3.05, 3.63) is 41.4 Å². The number of carbonyl (C=O) groups excluding carboxylic acids is 1. The van der Waals surface area contributed by atoms with Crippen molar-refractivity contribution >= 4 is 17.5 Å². The zero-order valence-electron chi connectivity index (χ0n) is 13.6. The lowest BCUT2D eigenvalue weighted by molar-refractivity contribution is -0.122. The van der Waals surface area contributed by atoms with Gasteiger partial charge in [-0.15, -0.1) is 0 Å². The van der Waals surface area contributed by atoms with Crippen LogP contribution in [0.25, 0.3) is 11.1 Å². The van der Waals surface area contributed by atoms with E-state index in [-0.39, 0.29) is 12.0 Å². The van der Waals surface area contributed by atoms with E-state index >= 15 is 0 Å². The second-order valence-corrected chi connectivity index (χ2v) is 6.47. The summed E-state index contributed by atoms with van der Waals surface area (Å²) in [5.74, 6) is 0.678. The minimum absolute atomic E-state index is 0.0206. The summed E-state index contributed by atoms with van der Waals surface area (Å²) in [6, 6.07) is 3.90. The highest BCUT2D eigenvalue weighted by Gasteiger charge is 2.26. The normalized spacial score (nSPS) is 15.9. The van der Waals surface area contributed by atoms with E-state index in [9.17, 15) is 4.79 Å². The summed E-state index contributed by atoms with van der Waals surface area (Å²) >= 11 is 6.36. The topological polar surface area (TPSA) is 67.4 Å². The Hall–Kier alpha value is -2.18. The van der Waals surface area contributed by atoms with Crippen LogP contribution in [0.1, 0.15) is 5.56 Å². The molecule has 0 fully saturated rings. The van der Waals surface area contributed by atoms with Crippen molar-refractivity contribution in [3.8, 4) is 16.9 Å². The standard InChI is InChI=1S/C17H19ClN4O2/c1-22(2)9-16(23)21-8-14-4-12-3-11(5-15(18)17(12)24-14)13-6-19-10-20-7-13/h3,5-7,10,14H,4,8-9H2,1-2H3,(H,21,23). The molecule has 0 radical (unpaired) electrons. The summed E-state index contributed by atoms with van der Waals surface area (Å²) in [5, 5.41) is 3.45. The molecule has 6 nitrogen and oxygen atoms in total. The molecule has 0 saturated carbocycles. The second kappa shape index (κ2) is 7.15. The smallest absolute Gasteiger partial charge is 0.234 e. The predicted molar refractivity (Wildman–Crippen MR) is 92.2 cm³/mol. The summed E-state index contributed by atoms with van der Waals surface area (Å²) in [6.07, 6.45) is 5.60. The van der Waals surface area contributed by atoms with Gasteiger partial charge in [-0.2, -0.15) is 0 Å². The van der Waals surface area contributed by atoms with Crippen LogP contribution in [-0.2, 0) is 11.2 Å². The lowest BCUT2D eigenvalue weighted by Gasteiger charge is -2.14. The van der Waals surface area contributed by atoms with Gasteiger partial charge in [0.15, 0.2) is 0 Å². The van der Waals surface area contributed by atoms with E-state index < -0.39 is 0 Å². The fourth-order valence-electron chi connectivity index (χ4n) is 2.69. The van der Waals surface area contributed by atoms with Gasteiger partial charge in [-0.1, -0.05) is 11.6 Å². The molecule has 126 valence electrons. The van der Waals surface area contributed by atoms with Crippen molar-refractivity contribution in [2.45, 2.75) is 12.5 Å². The van der Waals surface area contributed by atoms with Gasteiger partial charge in [0.25, 0.3) is 0 Å². The number of halogens is 1. The van der Waals surface area contributed by atoms with Crippen LogP contribution in [0.15, 0.2) is 30.9 Å². The van der Waals surface area contributed by atoms with E-state index in [2.05, 4.69) is 15.3 Å². The lowest BCUT2D eigenvalue weighted by Crippen LogP contribution is -2.39. The molecule has 1 aromatic carbocycles. The first-order chi connectivity index (χ1) is 11.5. The zero-order valence-corrected chi connectivity index (χ0v) is 14.4. The molecule has 1 N–H and O–H groups in total. The Balaban J connectivity index is 1.69. The number of nitrogens with zero attached hydrogens (tertiary/aromatic N) is 3. The third-order valence-corrected chi connectivity index (χ3v) is 4.01. The molecule has 1 aliphatic heterocycles. The molecular weight excluding hydrogens is 328 g/mol. The molecule has 1 aromatic heterocycles. The van der Waals surface area contributed by atoms with Crippen molar-refractivity contribution in [2.75, 3.05) is 27.2 Å². The number of ether oxygens (including phenoxy) is 1. The molecular formula is C17H19ClN4O2. The van der Waals surface area contributed by atoms with Gasteiger partial charge in [0.1, 0.15) is 18.2 Å². The molecule has 1 aliphatic rings. The van der Waals surface area contributed by atoms with Gasteiger partial charge < -0.3 is 15.0 Å². The molecule has 2 heterocycles. The maximum absolute atomic E-state index is 11.7. The van der Waals surface area contributed by atoms with Crippen molar-refractivity contribution < 1.29 is 9.53 Å². The average molecular weight is 347 g/mol. The van der Waals surface area contributed by atoms with Crippen molar-refractivity contribution in [1.29, 1.82) is 0 Å². The van der Waals surface area contributed by atoms with Gasteiger partial charge in [-0.25, -0.2) is 9.97 Å². The van der Waals surface area contributed by atoms with Gasteiger partial charge >= 0.3 is 0 Å². The first-order valence-electron chi connectivity index (χ1n) is 7.69. The van der Waals surface area contributed by atoms with Gasteiger partial charge in [-0.3, -0.25) is 4.79 Å². The van der Waals surface area contributed by atoms with Crippen LogP contribution in [0, 0.1) is 0 Å². The van der Waals surface area contributed by atoms with E-state index in [0.29, 0.717) is 30.3 Å². The van der Waals surface area contributed by atoms with Crippen molar-refractivity contribution in [3.63, 3.8) is 0 Å². The van der Waals surface area contributed by atoms with Crippen LogP contribution >= 0.6 is 11.6 Å². The number of hydrogen-bond acceptors (Lipinski definition) is 5. The van der Waals surface area contributed by atoms with Crippen LogP contribution in [0.3, 0.4) is 0 Å². The first kappa shape index (κ1) is 16.7. The minimum Gasteiger partial charge on any atom is -0.486 e. The largest absolute Gasteiger partial charge is 0.486 e. The highest BCUT2D eigenvalue weighted by molar-refractivity contribution is 6.32. The van der Waals surface area contributed by atoms with E-state index in [1.54, 1.807) is 12.4 Å². The number of benzene rings is 1. The van der Waals surface area contributed by atoms with E-state index in [1.807, 2.05) is 31.1 Å². The molecule has 1 atom stereocenters. The number of rotatable bonds is 5. The highest BCUT2D eigenvalue weighted by Crippen LogP contribution is 2.39. The lowest BCUT2D eigenvalue weighted by atomic mass is 10.0. The summed E-state index contributed by atoms with van der Waals surface area (Å²) in [5.41, 5.74) is 2.90. The molecule has 3 rings (SSSR count). The number of nitrogens with one attached hydrogen (secondary N) is 1. The molecule has 0 spiro atoms. The van der Waals surface area contributed by atoms with Gasteiger partial charge in [0.2, 0.25) is 5.91 Å². The summed E-state index contributed by atoms with van der Waals surface area (Å²) < 4.78 is 5.89. The van der Waals surface area contributed by atoms with Gasteiger partial charge in [0, 0.05) is 29.9 Å². The Morgan fingerprint density at radius 1 is 1.33 bits per heavy atom. The maximum atomic E-state index is 11.7. The number of fused-ring (bicyclic) bond motifs is 1. The summed E-state index contributed by atoms with van der Waals surface area (Å²) in [4.78, 5) is 21.6. The highest BCUT2D eigenvalue weighted by atomic mass is 35.5. The molecule has 1 amide bonds. The van der Waals surface area contributed by atoms with E-state index in [1.165, 1.54) is 6.33 Å². The number of likely N-dealkylation sites (N-methyl/N-ethyl adjacent to an activating group) is 1. The molecule has 7 heteroatoms. The molecule has 24 heavy (non-hydrogen) atoms. The Morgan fingerprint density at radius 2 is 2.08 bits per heavy atom. The Labute approximate surface area is 145 Å². The molecule has 0 bridgehead atoms. The fourth-order valence-corrected chi connectivity index (χ4v) is 2.97. The third kappa shape index (κ3) is 3.83. The first-order valence-corrected chi connectivity index (χ1v) is 8.06. The van der Waals surface area contributed by atoms with E-state index in [4.69, 9.17) is 16.3 Å².